The van der Waals surface area contributed by atoms with Gasteiger partial charge in [-0.3, -0.25) is 4.79 Å². The van der Waals surface area contributed by atoms with Crippen LogP contribution in [0.4, 0.5) is 27.8 Å². The van der Waals surface area contributed by atoms with Gasteiger partial charge in [-0.15, -0.1) is 0 Å². The molecule has 1 aromatic rings. The monoisotopic (exact) mass is 270 g/mol. The van der Waals surface area contributed by atoms with Gasteiger partial charge in [0.25, 0.3) is 6.43 Å². The van der Waals surface area contributed by atoms with Crippen LogP contribution in [-0.2, 0) is 17.4 Å². The molecule has 0 bridgehead atoms. The molecule has 0 amide bonds. The fourth-order valence-electron chi connectivity index (χ4n) is 1.28. The minimum atomic E-state index is -5.08. The highest BCUT2D eigenvalue weighted by molar-refractivity contribution is 5.72. The predicted molar refractivity (Wildman–Crippen MR) is 49.9 cm³/mol. The van der Waals surface area contributed by atoms with Gasteiger partial charge >= 0.3 is 12.1 Å². The number of alkyl halides is 5. The Morgan fingerprint density at radius 1 is 1.44 bits per heavy atom. The minimum absolute atomic E-state index is 0.384. The number of aliphatic carboxylic acids is 1. The van der Waals surface area contributed by atoms with Crippen LogP contribution in [0.5, 0.6) is 0 Å². The van der Waals surface area contributed by atoms with Crippen molar-refractivity contribution in [1.29, 1.82) is 0 Å². The van der Waals surface area contributed by atoms with Crippen molar-refractivity contribution in [2.45, 2.75) is 19.0 Å². The highest BCUT2D eigenvalue weighted by Gasteiger charge is 2.38. The Labute approximate surface area is 97.2 Å². The molecule has 1 aromatic heterocycles. The van der Waals surface area contributed by atoms with E-state index in [0.29, 0.717) is 6.07 Å². The van der Waals surface area contributed by atoms with Crippen LogP contribution in [0, 0.1) is 0 Å². The van der Waals surface area contributed by atoms with E-state index in [9.17, 15) is 26.7 Å². The maximum atomic E-state index is 12.5. The van der Waals surface area contributed by atoms with Gasteiger partial charge in [-0.2, -0.15) is 13.2 Å². The van der Waals surface area contributed by atoms with E-state index in [1.54, 1.807) is 0 Å². The van der Waals surface area contributed by atoms with E-state index < -0.39 is 42.1 Å². The van der Waals surface area contributed by atoms with E-state index in [2.05, 4.69) is 4.98 Å². The van der Waals surface area contributed by atoms with E-state index >= 15 is 0 Å². The summed E-state index contributed by atoms with van der Waals surface area (Å²) in [6.07, 6.45) is -9.29. The number of carbonyl (C=O) groups is 1. The molecule has 3 N–H and O–H groups in total. The number of pyridine rings is 1. The van der Waals surface area contributed by atoms with Crippen molar-refractivity contribution in [2.75, 3.05) is 5.73 Å². The van der Waals surface area contributed by atoms with Gasteiger partial charge in [-0.25, -0.2) is 13.8 Å². The first-order valence-corrected chi connectivity index (χ1v) is 4.49. The van der Waals surface area contributed by atoms with E-state index in [0.717, 1.165) is 0 Å². The zero-order valence-electron chi connectivity index (χ0n) is 8.63. The maximum absolute atomic E-state index is 12.5. The lowest BCUT2D eigenvalue weighted by Gasteiger charge is -2.14. The second-order valence-electron chi connectivity index (χ2n) is 3.34. The molecule has 0 radical (unpaired) electrons. The summed E-state index contributed by atoms with van der Waals surface area (Å²) in [5.41, 5.74) is 1.55. The Kier molecular flexibility index (Phi) is 3.73. The van der Waals surface area contributed by atoms with Crippen LogP contribution in [0.1, 0.15) is 23.2 Å². The molecule has 18 heavy (non-hydrogen) atoms. The number of halogens is 5. The summed E-state index contributed by atoms with van der Waals surface area (Å²) in [6, 6.07) is 0.421. The summed E-state index contributed by atoms with van der Waals surface area (Å²) in [5.74, 6) is -2.14. The first-order valence-electron chi connectivity index (χ1n) is 4.49. The van der Waals surface area contributed by atoms with Gasteiger partial charge in [0.1, 0.15) is 5.82 Å². The van der Waals surface area contributed by atoms with Gasteiger partial charge in [0.05, 0.1) is 6.42 Å². The van der Waals surface area contributed by atoms with Crippen LogP contribution >= 0.6 is 0 Å². The quantitative estimate of drug-likeness (QED) is 0.826. The molecule has 0 saturated heterocycles. The molecule has 4 nitrogen and oxygen atoms in total. The van der Waals surface area contributed by atoms with Gasteiger partial charge in [-0.05, 0) is 6.07 Å². The van der Waals surface area contributed by atoms with Gasteiger partial charge in [0.2, 0.25) is 0 Å². The van der Waals surface area contributed by atoms with E-state index in [4.69, 9.17) is 10.8 Å². The van der Waals surface area contributed by atoms with Gasteiger partial charge in [-0.1, -0.05) is 0 Å². The van der Waals surface area contributed by atoms with E-state index in [-0.39, 0.29) is 5.56 Å². The molecular weight excluding hydrogens is 263 g/mol. The summed E-state index contributed by atoms with van der Waals surface area (Å²) in [5, 5.41) is 8.46. The van der Waals surface area contributed by atoms with E-state index in [1.165, 1.54) is 0 Å². The summed E-state index contributed by atoms with van der Waals surface area (Å²) in [4.78, 5) is 13.2. The lowest BCUT2D eigenvalue weighted by atomic mass is 10.1. The Bertz CT molecular complexity index is 473. The second-order valence-corrected chi connectivity index (χ2v) is 3.34. The number of hydrogen-bond donors (Lipinski definition) is 2. The molecule has 100 valence electrons. The zero-order valence-corrected chi connectivity index (χ0v) is 8.63. The highest BCUT2D eigenvalue weighted by Crippen LogP contribution is 2.36. The average molecular weight is 270 g/mol. The summed E-state index contributed by atoms with van der Waals surface area (Å²) < 4.78 is 62.2. The zero-order chi connectivity index (χ0) is 14.1. The van der Waals surface area contributed by atoms with Crippen molar-refractivity contribution < 1.29 is 31.9 Å². The molecule has 0 aromatic carbocycles. The van der Waals surface area contributed by atoms with Gasteiger partial charge in [0.15, 0.2) is 5.69 Å². The SMILES string of the molecule is Nc1nc(C(F)(F)F)c(C(F)F)cc1CC(=O)O. The van der Waals surface area contributed by atoms with Crippen molar-refractivity contribution in [3.63, 3.8) is 0 Å². The van der Waals surface area contributed by atoms with Crippen molar-refractivity contribution in [3.05, 3.63) is 22.9 Å². The molecule has 0 atom stereocenters. The molecule has 0 saturated carbocycles. The van der Waals surface area contributed by atoms with Crippen molar-refractivity contribution >= 4 is 11.8 Å². The molecule has 0 unspecified atom stereocenters. The predicted octanol–water partition coefficient (Wildman–Crippen LogP) is 2.25. The van der Waals surface area contributed by atoms with Crippen LogP contribution in [0.2, 0.25) is 0 Å². The first kappa shape index (κ1) is 14.1. The Morgan fingerprint density at radius 2 is 2.00 bits per heavy atom. The number of rotatable bonds is 3. The number of aromatic nitrogens is 1. The topological polar surface area (TPSA) is 76.2 Å². The lowest BCUT2D eigenvalue weighted by molar-refractivity contribution is -0.143. The number of nitrogens with zero attached hydrogens (tertiary/aromatic N) is 1. The number of hydrogen-bond acceptors (Lipinski definition) is 3. The molecular formula is C9H7F5N2O2. The fraction of sp³-hybridized carbons (Fsp3) is 0.333. The Balaban J connectivity index is 3.39. The molecule has 0 aliphatic heterocycles. The van der Waals surface area contributed by atoms with Crippen LogP contribution in [0.3, 0.4) is 0 Å². The third-order valence-corrected chi connectivity index (χ3v) is 2.01. The molecule has 1 rings (SSSR count). The Morgan fingerprint density at radius 3 is 2.39 bits per heavy atom. The van der Waals surface area contributed by atoms with Crippen LogP contribution in [0.15, 0.2) is 6.07 Å². The lowest BCUT2D eigenvalue weighted by Crippen LogP contribution is -2.16. The maximum Gasteiger partial charge on any atom is 0.433 e. The van der Waals surface area contributed by atoms with E-state index in [1.807, 2.05) is 0 Å². The highest BCUT2D eigenvalue weighted by atomic mass is 19.4. The van der Waals surface area contributed by atoms with Crippen molar-refractivity contribution in [1.82, 2.24) is 4.98 Å². The van der Waals surface area contributed by atoms with Gasteiger partial charge < -0.3 is 10.8 Å². The number of nitrogen functional groups attached to an aromatic ring is 1. The number of carboxylic acid groups (broad SMARTS) is 1. The van der Waals surface area contributed by atoms with Crippen molar-refractivity contribution in [3.8, 4) is 0 Å². The molecule has 0 fully saturated rings. The second kappa shape index (κ2) is 4.75. The van der Waals surface area contributed by atoms with Crippen LogP contribution in [0.25, 0.3) is 0 Å². The summed E-state index contributed by atoms with van der Waals surface area (Å²) in [6.45, 7) is 0. The standard InChI is InChI=1S/C9H7F5N2O2/c10-7(11)4-1-3(2-5(17)18)8(15)16-6(4)9(12,13)14/h1,7H,2H2,(H2,15,16)(H,17,18). The third kappa shape index (κ3) is 3.05. The van der Waals surface area contributed by atoms with Crippen LogP contribution < -0.4 is 5.73 Å². The van der Waals surface area contributed by atoms with Crippen molar-refractivity contribution in [2.24, 2.45) is 0 Å². The van der Waals surface area contributed by atoms with Crippen LogP contribution in [-0.4, -0.2) is 16.1 Å². The average Bonchev–Trinajstić information content (AvgIpc) is 2.17. The fourth-order valence-corrected chi connectivity index (χ4v) is 1.28. The molecule has 0 aliphatic rings. The summed E-state index contributed by atoms with van der Waals surface area (Å²) in [7, 11) is 0. The largest absolute Gasteiger partial charge is 0.481 e. The number of anilines is 1. The normalized spacial score (nSPS) is 11.9. The smallest absolute Gasteiger partial charge is 0.433 e. The summed E-state index contributed by atoms with van der Waals surface area (Å²) >= 11 is 0. The number of carboxylic acids is 1. The Hall–Kier alpha value is -1.93. The molecule has 1 heterocycles. The molecule has 0 spiro atoms. The first-order chi connectivity index (χ1) is 8.12. The van der Waals surface area contributed by atoms with Gasteiger partial charge in [0, 0.05) is 11.1 Å². The number of nitrogens with two attached hydrogens (primary N) is 1. The molecule has 9 heteroatoms. The molecule has 0 aliphatic carbocycles. The third-order valence-electron chi connectivity index (χ3n) is 2.01. The minimum Gasteiger partial charge on any atom is -0.481 e.